The number of carbonyl (C=O) groups excluding carboxylic acids is 1. The molecule has 0 heterocycles. The minimum Gasteiger partial charge on any atom is -0.337 e. The number of hydrogen-bond donors (Lipinski definition) is 0. The predicted molar refractivity (Wildman–Crippen MR) is 97.6 cm³/mol. The van der Waals surface area contributed by atoms with Crippen molar-refractivity contribution >= 4 is 21.8 Å². The van der Waals surface area contributed by atoms with Crippen molar-refractivity contribution in [1.82, 2.24) is 9.80 Å². The monoisotopic (exact) mass is 378 g/mol. The molecule has 0 aliphatic heterocycles. The lowest BCUT2D eigenvalue weighted by Crippen LogP contribution is -2.53. The number of carbonyl (C=O) groups is 1. The van der Waals surface area contributed by atoms with Crippen molar-refractivity contribution < 1.29 is 4.79 Å². The standard InChI is InChI=1S/C19H27BrN2O/c1-21(13-14-7-8-14)17-5-3-4-6-18(17)22(2)19(23)15-9-11-16(20)12-10-15/h9-12,14,17-18H,3-8,13H2,1-2H3. The lowest BCUT2D eigenvalue weighted by atomic mass is 9.88. The lowest BCUT2D eigenvalue weighted by molar-refractivity contribution is 0.0493. The van der Waals surface area contributed by atoms with Crippen LogP contribution >= 0.6 is 15.9 Å². The molecule has 3 nitrogen and oxygen atoms in total. The fourth-order valence-electron chi connectivity index (χ4n) is 3.85. The molecule has 0 N–H and O–H groups in total. The van der Waals surface area contributed by atoms with E-state index >= 15 is 0 Å². The van der Waals surface area contributed by atoms with E-state index in [4.69, 9.17) is 0 Å². The molecule has 126 valence electrons. The smallest absolute Gasteiger partial charge is 0.253 e. The van der Waals surface area contributed by atoms with Crippen molar-refractivity contribution in [2.75, 3.05) is 20.6 Å². The first-order chi connectivity index (χ1) is 11.1. The van der Waals surface area contributed by atoms with Crippen molar-refractivity contribution in [2.24, 2.45) is 5.92 Å². The summed E-state index contributed by atoms with van der Waals surface area (Å²) in [6.45, 7) is 1.20. The molecule has 1 aromatic carbocycles. The predicted octanol–water partition coefficient (Wildman–Crippen LogP) is 4.17. The Balaban J connectivity index is 1.70. The van der Waals surface area contributed by atoms with Crippen LogP contribution in [-0.2, 0) is 0 Å². The highest BCUT2D eigenvalue weighted by molar-refractivity contribution is 9.10. The van der Waals surface area contributed by atoms with E-state index in [0.717, 1.165) is 22.4 Å². The highest BCUT2D eigenvalue weighted by Crippen LogP contribution is 2.33. The van der Waals surface area contributed by atoms with E-state index in [1.165, 1.54) is 38.6 Å². The van der Waals surface area contributed by atoms with Crippen LogP contribution in [-0.4, -0.2) is 48.4 Å². The molecule has 1 aromatic rings. The maximum absolute atomic E-state index is 12.9. The summed E-state index contributed by atoms with van der Waals surface area (Å²) in [5.74, 6) is 1.05. The summed E-state index contributed by atoms with van der Waals surface area (Å²) in [6.07, 6.45) is 7.63. The highest BCUT2D eigenvalue weighted by Gasteiger charge is 2.35. The summed E-state index contributed by atoms with van der Waals surface area (Å²) in [6, 6.07) is 8.55. The van der Waals surface area contributed by atoms with E-state index in [2.05, 4.69) is 27.9 Å². The van der Waals surface area contributed by atoms with E-state index in [1.54, 1.807) is 0 Å². The molecule has 0 radical (unpaired) electrons. The van der Waals surface area contributed by atoms with Crippen molar-refractivity contribution in [3.05, 3.63) is 34.3 Å². The van der Waals surface area contributed by atoms with Gasteiger partial charge in [0.15, 0.2) is 0 Å². The first-order valence-corrected chi connectivity index (χ1v) is 9.58. The number of benzene rings is 1. The number of rotatable bonds is 5. The van der Waals surface area contributed by atoms with Crippen LogP contribution in [0.4, 0.5) is 0 Å². The molecule has 2 saturated carbocycles. The molecule has 2 aliphatic rings. The van der Waals surface area contributed by atoms with Gasteiger partial charge in [-0.25, -0.2) is 0 Å². The van der Waals surface area contributed by atoms with Gasteiger partial charge >= 0.3 is 0 Å². The first kappa shape index (κ1) is 17.0. The minimum atomic E-state index is 0.147. The van der Waals surface area contributed by atoms with Gasteiger partial charge in [0.25, 0.3) is 5.91 Å². The van der Waals surface area contributed by atoms with Crippen molar-refractivity contribution in [3.8, 4) is 0 Å². The number of amides is 1. The highest BCUT2D eigenvalue weighted by atomic mass is 79.9. The SMILES string of the molecule is CN(CC1CC1)C1CCCCC1N(C)C(=O)c1ccc(Br)cc1. The summed E-state index contributed by atoms with van der Waals surface area (Å²) in [7, 11) is 4.23. The summed E-state index contributed by atoms with van der Waals surface area (Å²) >= 11 is 3.43. The van der Waals surface area contributed by atoms with Crippen LogP contribution in [0.5, 0.6) is 0 Å². The van der Waals surface area contributed by atoms with Gasteiger partial charge in [-0.2, -0.15) is 0 Å². The van der Waals surface area contributed by atoms with Gasteiger partial charge in [-0.15, -0.1) is 0 Å². The Labute approximate surface area is 148 Å². The average Bonchev–Trinajstić information content (AvgIpc) is 3.38. The summed E-state index contributed by atoms with van der Waals surface area (Å²) in [5.41, 5.74) is 0.782. The molecule has 2 aliphatic carbocycles. The summed E-state index contributed by atoms with van der Waals surface area (Å²) in [5, 5.41) is 0. The third-order valence-corrected chi connectivity index (χ3v) is 5.94. The Morgan fingerprint density at radius 2 is 1.65 bits per heavy atom. The fourth-order valence-corrected chi connectivity index (χ4v) is 4.11. The van der Waals surface area contributed by atoms with E-state index in [-0.39, 0.29) is 5.91 Å². The second-order valence-corrected chi connectivity index (χ2v) is 8.14. The Bertz CT molecular complexity index is 541. The van der Waals surface area contributed by atoms with Crippen LogP contribution in [0.15, 0.2) is 28.7 Å². The van der Waals surface area contributed by atoms with Gasteiger partial charge in [0.1, 0.15) is 0 Å². The van der Waals surface area contributed by atoms with Crippen molar-refractivity contribution in [1.29, 1.82) is 0 Å². The normalized spacial score (nSPS) is 24.7. The molecule has 2 unspecified atom stereocenters. The molecule has 2 fully saturated rings. The van der Waals surface area contributed by atoms with Crippen LogP contribution in [0.2, 0.25) is 0 Å². The molecule has 23 heavy (non-hydrogen) atoms. The molecule has 0 bridgehead atoms. The van der Waals surface area contributed by atoms with Gasteiger partial charge in [0.05, 0.1) is 0 Å². The van der Waals surface area contributed by atoms with Gasteiger partial charge in [-0.3, -0.25) is 4.79 Å². The zero-order chi connectivity index (χ0) is 16.4. The third-order valence-electron chi connectivity index (χ3n) is 5.41. The molecule has 0 saturated heterocycles. The van der Waals surface area contributed by atoms with Gasteiger partial charge < -0.3 is 9.80 Å². The van der Waals surface area contributed by atoms with Gasteiger partial charge in [-0.1, -0.05) is 28.8 Å². The summed E-state index contributed by atoms with van der Waals surface area (Å²) in [4.78, 5) is 17.4. The Kier molecular flexibility index (Phi) is 5.42. The number of halogens is 1. The van der Waals surface area contributed by atoms with Gasteiger partial charge in [0, 0.05) is 35.7 Å². The Morgan fingerprint density at radius 3 is 2.26 bits per heavy atom. The van der Waals surface area contributed by atoms with Gasteiger partial charge in [-0.05, 0) is 62.9 Å². The first-order valence-electron chi connectivity index (χ1n) is 8.79. The van der Waals surface area contributed by atoms with Crippen molar-refractivity contribution in [3.63, 3.8) is 0 Å². The van der Waals surface area contributed by atoms with Crippen LogP contribution in [0.3, 0.4) is 0 Å². The topological polar surface area (TPSA) is 23.6 Å². The molecule has 1 amide bonds. The molecule has 0 spiro atoms. The molecule has 0 aromatic heterocycles. The minimum absolute atomic E-state index is 0.147. The fraction of sp³-hybridized carbons (Fsp3) is 0.632. The number of hydrogen-bond acceptors (Lipinski definition) is 2. The van der Waals surface area contributed by atoms with Gasteiger partial charge in [0.2, 0.25) is 0 Å². The second kappa shape index (κ2) is 7.35. The maximum Gasteiger partial charge on any atom is 0.253 e. The molecule has 3 rings (SSSR count). The third kappa shape index (κ3) is 4.16. The molecule has 4 heteroatoms. The van der Waals surface area contributed by atoms with E-state index in [1.807, 2.05) is 36.2 Å². The Hall–Kier alpha value is -0.870. The van der Waals surface area contributed by atoms with Crippen molar-refractivity contribution in [2.45, 2.75) is 50.6 Å². The molecular weight excluding hydrogens is 352 g/mol. The second-order valence-electron chi connectivity index (χ2n) is 7.23. The number of nitrogens with zero attached hydrogens (tertiary/aromatic N) is 2. The molecule has 2 atom stereocenters. The number of likely N-dealkylation sites (N-methyl/N-ethyl adjacent to an activating group) is 2. The largest absolute Gasteiger partial charge is 0.337 e. The zero-order valence-electron chi connectivity index (χ0n) is 14.2. The average molecular weight is 379 g/mol. The maximum atomic E-state index is 12.9. The van der Waals surface area contributed by atoms with Crippen LogP contribution in [0, 0.1) is 5.92 Å². The zero-order valence-corrected chi connectivity index (χ0v) is 15.8. The van der Waals surface area contributed by atoms with Crippen LogP contribution in [0.25, 0.3) is 0 Å². The van der Waals surface area contributed by atoms with Crippen LogP contribution < -0.4 is 0 Å². The van der Waals surface area contributed by atoms with Crippen LogP contribution in [0.1, 0.15) is 48.9 Å². The molecular formula is C19H27BrN2O. The summed E-state index contributed by atoms with van der Waals surface area (Å²) < 4.78 is 1.01. The quantitative estimate of drug-likeness (QED) is 0.767. The van der Waals surface area contributed by atoms with E-state index < -0.39 is 0 Å². The lowest BCUT2D eigenvalue weighted by Gasteiger charge is -2.42. The van der Waals surface area contributed by atoms with E-state index in [0.29, 0.717) is 12.1 Å². The Morgan fingerprint density at radius 1 is 1.04 bits per heavy atom. The van der Waals surface area contributed by atoms with E-state index in [9.17, 15) is 4.79 Å².